The van der Waals surface area contributed by atoms with Crippen molar-refractivity contribution in [3.8, 4) is 0 Å². The van der Waals surface area contributed by atoms with Crippen molar-refractivity contribution in [1.29, 1.82) is 0 Å². The summed E-state index contributed by atoms with van der Waals surface area (Å²) in [6, 6.07) is 4.90. The summed E-state index contributed by atoms with van der Waals surface area (Å²) in [6.45, 7) is 2.70. The topological polar surface area (TPSA) is 116 Å². The molecule has 0 saturated carbocycles. The molecule has 0 saturated heterocycles. The molecule has 1 aromatic carbocycles. The Kier molecular flexibility index (Phi) is 4.54. The quantitative estimate of drug-likeness (QED) is 0.823. The van der Waals surface area contributed by atoms with Gasteiger partial charge in [0.05, 0.1) is 12.1 Å². The number of anilines is 1. The zero-order valence-electron chi connectivity index (χ0n) is 12.6. The molecule has 1 aromatic rings. The minimum absolute atomic E-state index is 0.0479. The van der Waals surface area contributed by atoms with Gasteiger partial charge in [0.1, 0.15) is 11.8 Å². The SMILES string of the molecule is CC(=O)C1=NN(c2ccc(C(=O)NC(C)C(=O)O)cc2)C(=O)C1. The highest BCUT2D eigenvalue weighted by Crippen LogP contribution is 2.21. The Morgan fingerprint density at radius 3 is 2.35 bits per heavy atom. The van der Waals surface area contributed by atoms with Crippen LogP contribution < -0.4 is 10.3 Å². The van der Waals surface area contributed by atoms with Crippen LogP contribution in [0.4, 0.5) is 5.69 Å². The summed E-state index contributed by atoms with van der Waals surface area (Å²) in [7, 11) is 0. The first kappa shape index (κ1) is 16.3. The van der Waals surface area contributed by atoms with Crippen molar-refractivity contribution in [3.63, 3.8) is 0 Å². The minimum Gasteiger partial charge on any atom is -0.480 e. The van der Waals surface area contributed by atoms with E-state index >= 15 is 0 Å². The first-order chi connectivity index (χ1) is 10.8. The Hall–Kier alpha value is -3.03. The third-order valence-electron chi connectivity index (χ3n) is 3.27. The number of Topliss-reactive ketones (excluding diaryl/α,β-unsaturated/α-hetero) is 1. The molecular weight excluding hydrogens is 302 g/mol. The van der Waals surface area contributed by atoms with Gasteiger partial charge in [0, 0.05) is 12.5 Å². The number of benzene rings is 1. The smallest absolute Gasteiger partial charge is 0.325 e. The Bertz CT molecular complexity index is 708. The van der Waals surface area contributed by atoms with Gasteiger partial charge in [-0.2, -0.15) is 5.10 Å². The fraction of sp³-hybridized carbons (Fsp3) is 0.267. The molecular formula is C15H15N3O5. The van der Waals surface area contributed by atoms with E-state index in [4.69, 9.17) is 5.11 Å². The van der Waals surface area contributed by atoms with E-state index in [-0.39, 0.29) is 29.4 Å². The van der Waals surface area contributed by atoms with Gasteiger partial charge in [0.15, 0.2) is 5.78 Å². The van der Waals surface area contributed by atoms with Crippen molar-refractivity contribution in [3.05, 3.63) is 29.8 Å². The third-order valence-corrected chi connectivity index (χ3v) is 3.27. The maximum absolute atomic E-state index is 11.9. The lowest BCUT2D eigenvalue weighted by Crippen LogP contribution is -2.38. The van der Waals surface area contributed by atoms with Crippen LogP contribution in [0.25, 0.3) is 0 Å². The normalized spacial score (nSPS) is 15.1. The van der Waals surface area contributed by atoms with Crippen molar-refractivity contribution < 1.29 is 24.3 Å². The van der Waals surface area contributed by atoms with E-state index in [1.54, 1.807) is 0 Å². The van der Waals surface area contributed by atoms with Crippen LogP contribution >= 0.6 is 0 Å². The van der Waals surface area contributed by atoms with Gasteiger partial charge in [-0.1, -0.05) is 0 Å². The maximum Gasteiger partial charge on any atom is 0.325 e. The molecule has 1 atom stereocenters. The number of nitrogens with one attached hydrogen (secondary N) is 1. The van der Waals surface area contributed by atoms with Gasteiger partial charge in [-0.15, -0.1) is 0 Å². The van der Waals surface area contributed by atoms with E-state index < -0.39 is 17.9 Å². The van der Waals surface area contributed by atoms with E-state index in [1.807, 2.05) is 0 Å². The molecule has 0 bridgehead atoms. The molecule has 2 amide bonds. The molecule has 120 valence electrons. The molecule has 0 radical (unpaired) electrons. The number of ketones is 1. The Labute approximate surface area is 131 Å². The van der Waals surface area contributed by atoms with Crippen LogP contribution in [0.15, 0.2) is 29.4 Å². The predicted molar refractivity (Wildman–Crippen MR) is 81.2 cm³/mol. The lowest BCUT2D eigenvalue weighted by Gasteiger charge is -2.13. The number of nitrogens with zero attached hydrogens (tertiary/aromatic N) is 2. The second-order valence-electron chi connectivity index (χ2n) is 5.07. The van der Waals surface area contributed by atoms with Crippen LogP contribution in [-0.2, 0) is 14.4 Å². The largest absolute Gasteiger partial charge is 0.480 e. The van der Waals surface area contributed by atoms with Gasteiger partial charge in [-0.3, -0.25) is 19.2 Å². The van der Waals surface area contributed by atoms with Crippen LogP contribution in [0, 0.1) is 0 Å². The molecule has 1 heterocycles. The van der Waals surface area contributed by atoms with Gasteiger partial charge in [0.2, 0.25) is 0 Å². The number of hydrogen-bond acceptors (Lipinski definition) is 5. The van der Waals surface area contributed by atoms with E-state index in [0.29, 0.717) is 5.69 Å². The highest BCUT2D eigenvalue weighted by Gasteiger charge is 2.27. The van der Waals surface area contributed by atoms with Gasteiger partial charge < -0.3 is 10.4 Å². The highest BCUT2D eigenvalue weighted by molar-refractivity contribution is 6.44. The molecule has 1 unspecified atom stereocenters. The van der Waals surface area contributed by atoms with Crippen molar-refractivity contribution in [1.82, 2.24) is 5.32 Å². The average molecular weight is 317 g/mol. The molecule has 2 N–H and O–H groups in total. The average Bonchev–Trinajstić information content (AvgIpc) is 2.89. The van der Waals surface area contributed by atoms with Crippen molar-refractivity contribution in [2.24, 2.45) is 5.10 Å². The van der Waals surface area contributed by atoms with Gasteiger partial charge in [-0.05, 0) is 31.2 Å². The van der Waals surface area contributed by atoms with Crippen LogP contribution in [0.5, 0.6) is 0 Å². The number of hydrogen-bond donors (Lipinski definition) is 2. The first-order valence-corrected chi connectivity index (χ1v) is 6.84. The Morgan fingerprint density at radius 1 is 1.26 bits per heavy atom. The number of carbonyl (C=O) groups excluding carboxylic acids is 3. The Morgan fingerprint density at radius 2 is 1.87 bits per heavy atom. The zero-order chi connectivity index (χ0) is 17.1. The fourth-order valence-corrected chi connectivity index (χ4v) is 1.92. The number of rotatable bonds is 5. The number of aliphatic carboxylic acids is 1. The van der Waals surface area contributed by atoms with Gasteiger partial charge in [-0.25, -0.2) is 5.01 Å². The van der Waals surface area contributed by atoms with Gasteiger partial charge >= 0.3 is 5.97 Å². The van der Waals surface area contributed by atoms with Crippen molar-refractivity contribution in [2.45, 2.75) is 26.3 Å². The molecule has 0 spiro atoms. The fourth-order valence-electron chi connectivity index (χ4n) is 1.92. The lowest BCUT2D eigenvalue weighted by atomic mass is 10.1. The summed E-state index contributed by atoms with van der Waals surface area (Å²) < 4.78 is 0. The molecule has 23 heavy (non-hydrogen) atoms. The zero-order valence-corrected chi connectivity index (χ0v) is 12.6. The maximum atomic E-state index is 11.9. The number of carbonyl (C=O) groups is 4. The highest BCUT2D eigenvalue weighted by atomic mass is 16.4. The van der Waals surface area contributed by atoms with Crippen LogP contribution in [0.1, 0.15) is 30.6 Å². The lowest BCUT2D eigenvalue weighted by molar-refractivity contribution is -0.138. The number of amides is 2. The van der Waals surface area contributed by atoms with Crippen molar-refractivity contribution >= 4 is 35.0 Å². The Balaban J connectivity index is 2.14. The summed E-state index contributed by atoms with van der Waals surface area (Å²) in [5.41, 5.74) is 0.866. The summed E-state index contributed by atoms with van der Waals surface area (Å²) in [6.07, 6.45) is -0.0479. The monoisotopic (exact) mass is 317 g/mol. The summed E-state index contributed by atoms with van der Waals surface area (Å²) in [4.78, 5) is 45.7. The second-order valence-corrected chi connectivity index (χ2v) is 5.07. The van der Waals surface area contributed by atoms with Crippen molar-refractivity contribution in [2.75, 3.05) is 5.01 Å². The number of carboxylic acids is 1. The van der Waals surface area contributed by atoms with E-state index in [0.717, 1.165) is 5.01 Å². The van der Waals surface area contributed by atoms with Crippen LogP contribution in [0.2, 0.25) is 0 Å². The van der Waals surface area contributed by atoms with E-state index in [2.05, 4.69) is 10.4 Å². The van der Waals surface area contributed by atoms with E-state index in [9.17, 15) is 19.2 Å². The molecule has 1 aliphatic heterocycles. The molecule has 1 aliphatic rings. The first-order valence-electron chi connectivity index (χ1n) is 6.84. The van der Waals surface area contributed by atoms with Gasteiger partial charge in [0.25, 0.3) is 11.8 Å². The van der Waals surface area contributed by atoms with Crippen LogP contribution in [-0.4, -0.2) is 40.4 Å². The predicted octanol–water partition coefficient (Wildman–Crippen LogP) is 0.571. The molecule has 0 aliphatic carbocycles. The second kappa shape index (κ2) is 6.39. The summed E-state index contributed by atoms with van der Waals surface area (Å²) in [5, 5.41) is 16.2. The molecule has 2 rings (SSSR count). The third kappa shape index (κ3) is 3.60. The molecule has 0 fully saturated rings. The van der Waals surface area contributed by atoms with E-state index in [1.165, 1.54) is 38.1 Å². The molecule has 0 aromatic heterocycles. The standard InChI is InChI=1S/C15H15N3O5/c1-8(15(22)23)16-14(21)10-3-5-11(6-4-10)18-13(20)7-12(17-18)9(2)19/h3-6,8H,7H2,1-2H3,(H,16,21)(H,22,23). The summed E-state index contributed by atoms with van der Waals surface area (Å²) in [5.74, 6) is -2.26. The number of carboxylic acid groups (broad SMARTS) is 1. The number of hydrazone groups is 1. The summed E-state index contributed by atoms with van der Waals surface area (Å²) >= 11 is 0. The molecule has 8 heteroatoms. The molecule has 8 nitrogen and oxygen atoms in total. The van der Waals surface area contributed by atoms with Crippen LogP contribution in [0.3, 0.4) is 0 Å². The minimum atomic E-state index is -1.14.